The number of urea groups is 1. The Morgan fingerprint density at radius 1 is 1.61 bits per heavy atom. The van der Waals surface area contributed by atoms with Gasteiger partial charge in [0, 0.05) is 0 Å². The molecule has 0 aliphatic carbocycles. The summed E-state index contributed by atoms with van der Waals surface area (Å²) in [4.78, 5) is 26.6. The van der Waals surface area contributed by atoms with Gasteiger partial charge in [0.15, 0.2) is 5.13 Å². The van der Waals surface area contributed by atoms with Gasteiger partial charge in [-0.05, 0) is 21.8 Å². The highest BCUT2D eigenvalue weighted by Gasteiger charge is 2.25. The van der Waals surface area contributed by atoms with Crippen molar-refractivity contribution in [2.24, 2.45) is 5.92 Å². The summed E-state index contributed by atoms with van der Waals surface area (Å²) in [6.45, 7) is 3.65. The minimum atomic E-state index is -1.04. The number of rotatable bonds is 5. The Balaban J connectivity index is 2.59. The Hall–Kier alpha value is -1.15. The maximum atomic E-state index is 11.6. The molecule has 18 heavy (non-hydrogen) atoms. The monoisotopic (exact) mass is 335 g/mol. The summed E-state index contributed by atoms with van der Waals surface area (Å²) in [5.74, 6) is -1.18. The van der Waals surface area contributed by atoms with Crippen molar-refractivity contribution in [2.75, 3.05) is 5.32 Å². The van der Waals surface area contributed by atoms with Crippen LogP contribution in [0.15, 0.2) is 9.98 Å². The van der Waals surface area contributed by atoms with Gasteiger partial charge in [0.1, 0.15) is 6.04 Å². The highest BCUT2D eigenvalue weighted by atomic mass is 79.9. The molecule has 2 unspecified atom stereocenters. The van der Waals surface area contributed by atoms with Gasteiger partial charge in [-0.1, -0.05) is 31.6 Å². The molecule has 0 saturated carbocycles. The Labute approximate surface area is 117 Å². The van der Waals surface area contributed by atoms with Gasteiger partial charge < -0.3 is 10.4 Å². The molecule has 1 aromatic rings. The molecular formula is C10H14BrN3O3S. The molecule has 2 atom stereocenters. The molecule has 3 N–H and O–H groups in total. The molecule has 6 nitrogen and oxygen atoms in total. The second kappa shape index (κ2) is 6.69. The largest absolute Gasteiger partial charge is 0.480 e. The van der Waals surface area contributed by atoms with Gasteiger partial charge in [0.25, 0.3) is 0 Å². The molecule has 0 saturated heterocycles. The normalized spacial score (nSPS) is 13.7. The quantitative estimate of drug-likeness (QED) is 0.770. The first-order valence-corrected chi connectivity index (χ1v) is 6.96. The van der Waals surface area contributed by atoms with Crippen molar-refractivity contribution in [1.29, 1.82) is 0 Å². The molecule has 8 heteroatoms. The van der Waals surface area contributed by atoms with Crippen LogP contribution in [0.1, 0.15) is 20.3 Å². The van der Waals surface area contributed by atoms with Crippen LogP contribution in [0, 0.1) is 5.92 Å². The van der Waals surface area contributed by atoms with E-state index in [1.54, 1.807) is 13.1 Å². The molecule has 0 spiro atoms. The zero-order chi connectivity index (χ0) is 13.7. The number of carboxylic acid groups (broad SMARTS) is 1. The summed E-state index contributed by atoms with van der Waals surface area (Å²) in [5, 5.41) is 14.4. The summed E-state index contributed by atoms with van der Waals surface area (Å²) < 4.78 is 0.787. The predicted molar refractivity (Wildman–Crippen MR) is 72.8 cm³/mol. The molecule has 2 amide bonds. The van der Waals surface area contributed by atoms with Crippen LogP contribution in [0.25, 0.3) is 0 Å². The van der Waals surface area contributed by atoms with Crippen molar-refractivity contribution in [1.82, 2.24) is 10.3 Å². The number of amides is 2. The summed E-state index contributed by atoms with van der Waals surface area (Å²) in [7, 11) is 0. The Kier molecular flexibility index (Phi) is 5.54. The molecule has 0 radical (unpaired) electrons. The van der Waals surface area contributed by atoms with E-state index in [2.05, 4.69) is 31.5 Å². The summed E-state index contributed by atoms with van der Waals surface area (Å²) in [6.07, 6.45) is 2.23. The molecular weight excluding hydrogens is 322 g/mol. The SMILES string of the molecule is CCC(C)C(NC(=O)Nc1ncc(Br)s1)C(=O)O. The third-order valence-corrected chi connectivity index (χ3v) is 3.86. The number of anilines is 1. The van der Waals surface area contributed by atoms with Crippen molar-refractivity contribution in [3.8, 4) is 0 Å². The topological polar surface area (TPSA) is 91.3 Å². The van der Waals surface area contributed by atoms with Gasteiger partial charge >= 0.3 is 12.0 Å². The highest BCUT2D eigenvalue weighted by Crippen LogP contribution is 2.22. The van der Waals surface area contributed by atoms with Crippen molar-refractivity contribution in [3.63, 3.8) is 0 Å². The number of carboxylic acids is 1. The minimum absolute atomic E-state index is 0.142. The predicted octanol–water partition coefficient (Wildman–Crippen LogP) is 2.53. The lowest BCUT2D eigenvalue weighted by molar-refractivity contribution is -0.140. The first kappa shape index (κ1) is 14.9. The van der Waals surface area contributed by atoms with E-state index in [9.17, 15) is 9.59 Å². The lowest BCUT2D eigenvalue weighted by Gasteiger charge is -2.19. The number of thiazole rings is 1. The molecule has 0 bridgehead atoms. The van der Waals surface area contributed by atoms with Crippen molar-refractivity contribution < 1.29 is 14.7 Å². The number of carbonyl (C=O) groups excluding carboxylic acids is 1. The number of aromatic nitrogens is 1. The molecule has 0 fully saturated rings. The van der Waals surface area contributed by atoms with Crippen molar-refractivity contribution >= 4 is 44.4 Å². The first-order chi connectivity index (χ1) is 8.43. The van der Waals surface area contributed by atoms with Gasteiger partial charge in [-0.25, -0.2) is 14.6 Å². The number of halogens is 1. The zero-order valence-corrected chi connectivity index (χ0v) is 12.3. The fraction of sp³-hybridized carbons (Fsp3) is 0.500. The van der Waals surface area contributed by atoms with E-state index >= 15 is 0 Å². The van der Waals surface area contributed by atoms with E-state index < -0.39 is 18.0 Å². The van der Waals surface area contributed by atoms with E-state index in [-0.39, 0.29) is 5.92 Å². The maximum absolute atomic E-state index is 11.6. The van der Waals surface area contributed by atoms with E-state index in [0.717, 1.165) is 3.79 Å². The smallest absolute Gasteiger partial charge is 0.326 e. The van der Waals surface area contributed by atoms with E-state index in [1.807, 2.05) is 6.92 Å². The van der Waals surface area contributed by atoms with Crippen LogP contribution < -0.4 is 10.6 Å². The van der Waals surface area contributed by atoms with E-state index in [0.29, 0.717) is 11.6 Å². The fourth-order valence-electron chi connectivity index (χ4n) is 1.27. The van der Waals surface area contributed by atoms with Crippen LogP contribution >= 0.6 is 27.3 Å². The molecule has 1 heterocycles. The summed E-state index contributed by atoms with van der Waals surface area (Å²) in [5.41, 5.74) is 0. The van der Waals surface area contributed by atoms with Crippen LogP contribution in [-0.2, 0) is 4.79 Å². The Bertz CT molecular complexity index is 438. The molecule has 0 aromatic carbocycles. The van der Waals surface area contributed by atoms with Crippen molar-refractivity contribution in [3.05, 3.63) is 9.98 Å². The van der Waals surface area contributed by atoms with E-state index in [4.69, 9.17) is 5.11 Å². The molecule has 0 aliphatic heterocycles. The van der Waals surface area contributed by atoms with Crippen LogP contribution in [0.5, 0.6) is 0 Å². The Morgan fingerprint density at radius 2 is 2.28 bits per heavy atom. The number of nitrogens with one attached hydrogen (secondary N) is 2. The van der Waals surface area contributed by atoms with Gasteiger partial charge in [-0.3, -0.25) is 5.32 Å². The van der Waals surface area contributed by atoms with Gasteiger partial charge in [-0.2, -0.15) is 0 Å². The zero-order valence-electron chi connectivity index (χ0n) is 9.94. The lowest BCUT2D eigenvalue weighted by atomic mass is 10.00. The van der Waals surface area contributed by atoms with Crippen LogP contribution in [0.2, 0.25) is 0 Å². The van der Waals surface area contributed by atoms with Crippen molar-refractivity contribution in [2.45, 2.75) is 26.3 Å². The third kappa shape index (κ3) is 4.26. The Morgan fingerprint density at radius 3 is 2.72 bits per heavy atom. The average Bonchev–Trinajstić information content (AvgIpc) is 2.70. The third-order valence-electron chi connectivity index (χ3n) is 2.46. The molecule has 1 aromatic heterocycles. The van der Waals surface area contributed by atoms with Crippen LogP contribution in [0.4, 0.5) is 9.93 Å². The number of hydrogen-bond donors (Lipinski definition) is 3. The molecule has 1 rings (SSSR count). The standard InChI is InChI=1S/C10H14BrN3O3S/c1-3-5(2)7(8(15)16)13-9(17)14-10-12-4-6(11)18-10/h4-5,7H,3H2,1-2H3,(H,15,16)(H2,12,13,14,17). The van der Waals surface area contributed by atoms with Gasteiger partial charge in [0.05, 0.1) is 9.98 Å². The number of carbonyl (C=O) groups is 2. The average molecular weight is 336 g/mol. The van der Waals surface area contributed by atoms with Crippen LogP contribution in [0.3, 0.4) is 0 Å². The molecule has 100 valence electrons. The van der Waals surface area contributed by atoms with Gasteiger partial charge in [0.2, 0.25) is 0 Å². The minimum Gasteiger partial charge on any atom is -0.480 e. The summed E-state index contributed by atoms with van der Waals surface area (Å²) >= 11 is 4.47. The lowest BCUT2D eigenvalue weighted by Crippen LogP contribution is -2.46. The second-order valence-electron chi connectivity index (χ2n) is 3.77. The number of hydrogen-bond acceptors (Lipinski definition) is 4. The fourth-order valence-corrected chi connectivity index (χ4v) is 2.37. The van der Waals surface area contributed by atoms with Crippen LogP contribution in [-0.4, -0.2) is 28.1 Å². The highest BCUT2D eigenvalue weighted by molar-refractivity contribution is 9.11. The molecule has 0 aliphatic rings. The maximum Gasteiger partial charge on any atom is 0.326 e. The number of nitrogens with zero attached hydrogens (tertiary/aromatic N) is 1. The second-order valence-corrected chi connectivity index (χ2v) is 6.18. The van der Waals surface area contributed by atoms with E-state index in [1.165, 1.54) is 11.3 Å². The summed E-state index contributed by atoms with van der Waals surface area (Å²) in [6, 6.07) is -1.47. The number of aliphatic carboxylic acids is 1. The first-order valence-electron chi connectivity index (χ1n) is 5.35. The van der Waals surface area contributed by atoms with Gasteiger partial charge in [-0.15, -0.1) is 0 Å².